The van der Waals surface area contributed by atoms with E-state index in [0.717, 1.165) is 11.1 Å². The Balaban J connectivity index is 1.69. The number of aliphatic hydroxyl groups excluding tert-OH is 1. The Labute approximate surface area is 146 Å². The number of hydrogen-bond donors (Lipinski definition) is 1. The average molecular weight is 344 g/mol. The highest BCUT2D eigenvalue weighted by Crippen LogP contribution is 2.33. The predicted molar refractivity (Wildman–Crippen MR) is 90.8 cm³/mol. The van der Waals surface area contributed by atoms with Crippen molar-refractivity contribution in [3.63, 3.8) is 0 Å². The summed E-state index contributed by atoms with van der Waals surface area (Å²) in [7, 11) is 1.54. The van der Waals surface area contributed by atoms with E-state index in [2.05, 4.69) is 4.98 Å². The molecule has 1 fully saturated rings. The third-order valence-corrected chi connectivity index (χ3v) is 4.67. The van der Waals surface area contributed by atoms with Gasteiger partial charge in [0.05, 0.1) is 13.5 Å². The van der Waals surface area contributed by atoms with Crippen molar-refractivity contribution in [2.45, 2.75) is 12.3 Å². The maximum Gasteiger partial charge on any atom is 0.227 e. The van der Waals surface area contributed by atoms with Crippen molar-refractivity contribution >= 4 is 5.91 Å². The number of halogens is 1. The van der Waals surface area contributed by atoms with Crippen molar-refractivity contribution in [3.8, 4) is 5.88 Å². The van der Waals surface area contributed by atoms with Crippen molar-refractivity contribution in [1.29, 1.82) is 0 Å². The molecule has 2 heterocycles. The van der Waals surface area contributed by atoms with Gasteiger partial charge in [-0.1, -0.05) is 18.2 Å². The summed E-state index contributed by atoms with van der Waals surface area (Å²) in [6, 6.07) is 9.91. The molecule has 0 unspecified atom stereocenters. The van der Waals surface area contributed by atoms with Crippen molar-refractivity contribution in [3.05, 3.63) is 59.5 Å². The highest BCUT2D eigenvalue weighted by molar-refractivity contribution is 5.79. The van der Waals surface area contributed by atoms with E-state index in [1.54, 1.807) is 30.3 Å². The Bertz CT molecular complexity index is 736. The third-order valence-electron chi connectivity index (χ3n) is 4.67. The van der Waals surface area contributed by atoms with Crippen molar-refractivity contribution in [2.24, 2.45) is 5.92 Å². The number of benzene rings is 1. The van der Waals surface area contributed by atoms with Crippen LogP contribution in [0, 0.1) is 11.7 Å². The molecule has 132 valence electrons. The number of carbonyl (C=O) groups is 1. The van der Waals surface area contributed by atoms with E-state index in [4.69, 9.17) is 4.74 Å². The summed E-state index contributed by atoms with van der Waals surface area (Å²) in [5, 5.41) is 9.66. The lowest BCUT2D eigenvalue weighted by Gasteiger charge is -2.17. The molecule has 0 bridgehead atoms. The van der Waals surface area contributed by atoms with Crippen LogP contribution in [-0.2, 0) is 11.2 Å². The molecular formula is C19H21FN2O3. The first-order chi connectivity index (χ1) is 12.1. The van der Waals surface area contributed by atoms with Gasteiger partial charge in [-0.2, -0.15) is 0 Å². The van der Waals surface area contributed by atoms with Crippen LogP contribution in [0.1, 0.15) is 17.0 Å². The number of methoxy groups -OCH3 is 1. The smallest absolute Gasteiger partial charge is 0.227 e. The molecule has 3 rings (SSSR count). The SMILES string of the molecule is COc1ccc(CC(=O)N2C[C@@H](CO)[C@H](c3cccc(F)c3)C2)cn1. The zero-order valence-electron chi connectivity index (χ0n) is 14.1. The number of rotatable bonds is 5. The van der Waals surface area contributed by atoms with E-state index in [0.29, 0.717) is 19.0 Å². The van der Waals surface area contributed by atoms with Gasteiger partial charge >= 0.3 is 0 Å². The first-order valence-corrected chi connectivity index (χ1v) is 8.23. The van der Waals surface area contributed by atoms with Crippen LogP contribution >= 0.6 is 0 Å². The van der Waals surface area contributed by atoms with E-state index in [1.165, 1.54) is 12.1 Å². The van der Waals surface area contributed by atoms with E-state index < -0.39 is 0 Å². The molecule has 0 spiro atoms. The summed E-state index contributed by atoms with van der Waals surface area (Å²) in [4.78, 5) is 18.4. The average Bonchev–Trinajstić information content (AvgIpc) is 3.07. The highest BCUT2D eigenvalue weighted by Gasteiger charge is 2.35. The summed E-state index contributed by atoms with van der Waals surface area (Å²) < 4.78 is 18.5. The number of amides is 1. The Morgan fingerprint density at radius 2 is 2.20 bits per heavy atom. The van der Waals surface area contributed by atoms with Gasteiger partial charge in [-0.15, -0.1) is 0 Å². The lowest BCUT2D eigenvalue weighted by atomic mass is 9.89. The van der Waals surface area contributed by atoms with Crippen LogP contribution in [0.5, 0.6) is 5.88 Å². The van der Waals surface area contributed by atoms with Crippen LogP contribution in [0.25, 0.3) is 0 Å². The Hall–Kier alpha value is -2.47. The number of pyridine rings is 1. The van der Waals surface area contributed by atoms with E-state index in [9.17, 15) is 14.3 Å². The molecule has 2 atom stereocenters. The zero-order valence-corrected chi connectivity index (χ0v) is 14.1. The van der Waals surface area contributed by atoms with Gasteiger partial charge in [-0.25, -0.2) is 9.37 Å². The van der Waals surface area contributed by atoms with Gasteiger partial charge in [0.2, 0.25) is 11.8 Å². The Morgan fingerprint density at radius 1 is 1.36 bits per heavy atom. The van der Waals surface area contributed by atoms with Gasteiger partial charge in [0.15, 0.2) is 0 Å². The van der Waals surface area contributed by atoms with Crippen molar-refractivity contribution in [2.75, 3.05) is 26.8 Å². The van der Waals surface area contributed by atoms with Crippen LogP contribution in [0.2, 0.25) is 0 Å². The quantitative estimate of drug-likeness (QED) is 0.901. The van der Waals surface area contributed by atoms with Crippen LogP contribution in [-0.4, -0.2) is 47.7 Å². The summed E-state index contributed by atoms with van der Waals surface area (Å²) >= 11 is 0. The van der Waals surface area contributed by atoms with Crippen LogP contribution in [0.4, 0.5) is 4.39 Å². The van der Waals surface area contributed by atoms with Crippen LogP contribution in [0.3, 0.4) is 0 Å². The molecular weight excluding hydrogens is 323 g/mol. The molecule has 1 N–H and O–H groups in total. The molecule has 1 aliphatic heterocycles. The third kappa shape index (κ3) is 3.96. The Kier molecular flexibility index (Phi) is 5.28. The molecule has 1 aliphatic rings. The Morgan fingerprint density at radius 3 is 2.84 bits per heavy atom. The maximum absolute atomic E-state index is 13.5. The van der Waals surface area contributed by atoms with Gasteiger partial charge in [0.25, 0.3) is 0 Å². The molecule has 5 nitrogen and oxygen atoms in total. The second kappa shape index (κ2) is 7.61. The highest BCUT2D eigenvalue weighted by atomic mass is 19.1. The topological polar surface area (TPSA) is 62.7 Å². The van der Waals surface area contributed by atoms with E-state index in [-0.39, 0.29) is 36.6 Å². The number of nitrogens with zero attached hydrogens (tertiary/aromatic N) is 2. The maximum atomic E-state index is 13.5. The molecule has 0 aliphatic carbocycles. The first-order valence-electron chi connectivity index (χ1n) is 8.23. The summed E-state index contributed by atoms with van der Waals surface area (Å²) in [6.45, 7) is 0.923. The van der Waals surface area contributed by atoms with E-state index >= 15 is 0 Å². The van der Waals surface area contributed by atoms with Gasteiger partial charge in [-0.3, -0.25) is 4.79 Å². The minimum absolute atomic E-state index is 0.0238. The normalized spacial score (nSPS) is 19.9. The fourth-order valence-corrected chi connectivity index (χ4v) is 3.30. The van der Waals surface area contributed by atoms with Crippen molar-refractivity contribution in [1.82, 2.24) is 9.88 Å². The molecule has 2 aromatic rings. The summed E-state index contributed by atoms with van der Waals surface area (Å²) in [6.07, 6.45) is 1.87. The van der Waals surface area contributed by atoms with Crippen LogP contribution < -0.4 is 4.74 Å². The first kappa shape index (κ1) is 17.4. The molecule has 0 radical (unpaired) electrons. The van der Waals surface area contributed by atoms with Gasteiger partial charge < -0.3 is 14.7 Å². The molecule has 1 amide bonds. The fraction of sp³-hybridized carbons (Fsp3) is 0.368. The van der Waals surface area contributed by atoms with Gasteiger partial charge in [0, 0.05) is 43.8 Å². The second-order valence-corrected chi connectivity index (χ2v) is 6.29. The summed E-state index contributed by atoms with van der Waals surface area (Å²) in [5.41, 5.74) is 1.63. The van der Waals surface area contributed by atoms with Gasteiger partial charge in [-0.05, 0) is 23.3 Å². The molecule has 1 aromatic heterocycles. The largest absolute Gasteiger partial charge is 0.481 e. The zero-order chi connectivity index (χ0) is 17.8. The number of aliphatic hydroxyl groups is 1. The summed E-state index contributed by atoms with van der Waals surface area (Å²) in [5.74, 6) is 0.0369. The molecule has 1 saturated heterocycles. The second-order valence-electron chi connectivity index (χ2n) is 6.29. The van der Waals surface area contributed by atoms with E-state index in [1.807, 2.05) is 12.1 Å². The monoisotopic (exact) mass is 344 g/mol. The number of likely N-dealkylation sites (tertiary alicyclic amines) is 1. The minimum Gasteiger partial charge on any atom is -0.481 e. The predicted octanol–water partition coefficient (Wildman–Crippen LogP) is 2.01. The van der Waals surface area contributed by atoms with Crippen molar-refractivity contribution < 1.29 is 19.0 Å². The molecule has 1 aromatic carbocycles. The number of aromatic nitrogens is 1. The molecule has 25 heavy (non-hydrogen) atoms. The number of carbonyl (C=O) groups excluding carboxylic acids is 1. The minimum atomic E-state index is -0.303. The van der Waals surface area contributed by atoms with Gasteiger partial charge in [0.1, 0.15) is 5.82 Å². The number of ether oxygens (including phenoxy) is 1. The lowest BCUT2D eigenvalue weighted by Crippen LogP contribution is -2.30. The fourth-order valence-electron chi connectivity index (χ4n) is 3.30. The van der Waals surface area contributed by atoms with Crippen LogP contribution in [0.15, 0.2) is 42.6 Å². The number of hydrogen-bond acceptors (Lipinski definition) is 4. The standard InChI is InChI=1S/C19H21FN2O3/c1-25-18-6-5-13(9-21-18)7-19(24)22-10-15(12-23)17(11-22)14-3-2-4-16(20)8-14/h2-6,8-9,15,17,23H,7,10-12H2,1H3/t15-,17-/m0/s1. The molecule has 0 saturated carbocycles. The molecule has 6 heteroatoms. The lowest BCUT2D eigenvalue weighted by molar-refractivity contribution is -0.129.